The molecule has 31 heavy (non-hydrogen) atoms. The standard InChI is InChI=1S/C23H27ClN4O3/c1-2-7-19-13-25-21(24)20(27-19)14-26-22(29)17-10-6-11-18(12-17)28-23(30)31-15-16-8-4-3-5-9-16/h2-5,8-9,13,17-18H,1,6-7,10-12,14-15H2,(H,26,29)(H,28,30)/t17-,18-/m1/s1. The van der Waals surface area contributed by atoms with Crippen LogP contribution < -0.4 is 10.6 Å². The summed E-state index contributed by atoms with van der Waals surface area (Å²) in [4.78, 5) is 33.3. The van der Waals surface area contributed by atoms with E-state index >= 15 is 0 Å². The molecule has 1 saturated carbocycles. The summed E-state index contributed by atoms with van der Waals surface area (Å²) in [6, 6.07) is 9.42. The number of ether oxygens (including phenoxy) is 1. The number of alkyl carbamates (subject to hydrolysis) is 1. The largest absolute Gasteiger partial charge is 0.445 e. The van der Waals surface area contributed by atoms with E-state index in [1.54, 1.807) is 12.3 Å². The number of nitrogens with one attached hydrogen (secondary N) is 2. The number of carbonyl (C=O) groups is 2. The van der Waals surface area contributed by atoms with Gasteiger partial charge in [0.05, 0.1) is 24.1 Å². The third-order valence-electron chi connectivity index (χ3n) is 5.21. The highest BCUT2D eigenvalue weighted by Crippen LogP contribution is 2.25. The Morgan fingerprint density at radius 3 is 2.84 bits per heavy atom. The SMILES string of the molecule is C=CCc1cnc(Cl)c(CNC(=O)[C@@H]2CCC[C@@H](NC(=O)OCc3ccccc3)C2)n1. The van der Waals surface area contributed by atoms with Gasteiger partial charge in [0.2, 0.25) is 5.91 Å². The van der Waals surface area contributed by atoms with E-state index in [4.69, 9.17) is 16.3 Å². The van der Waals surface area contributed by atoms with Crippen LogP contribution in [0, 0.1) is 5.92 Å². The Bertz CT molecular complexity index is 907. The molecule has 1 aliphatic carbocycles. The first kappa shape index (κ1) is 22.7. The van der Waals surface area contributed by atoms with Crippen molar-refractivity contribution < 1.29 is 14.3 Å². The second-order valence-corrected chi connectivity index (χ2v) is 7.93. The van der Waals surface area contributed by atoms with Gasteiger partial charge in [-0.1, -0.05) is 54.4 Å². The van der Waals surface area contributed by atoms with E-state index < -0.39 is 6.09 Å². The monoisotopic (exact) mass is 442 g/mol. The van der Waals surface area contributed by atoms with E-state index in [-0.39, 0.29) is 36.2 Å². The molecular weight excluding hydrogens is 416 g/mol. The molecule has 2 aromatic rings. The summed E-state index contributed by atoms with van der Waals surface area (Å²) >= 11 is 6.11. The topological polar surface area (TPSA) is 93.2 Å². The molecule has 0 radical (unpaired) electrons. The normalized spacial score (nSPS) is 18.1. The van der Waals surface area contributed by atoms with Gasteiger partial charge in [-0.15, -0.1) is 6.58 Å². The second kappa shape index (κ2) is 11.5. The molecule has 0 bridgehead atoms. The van der Waals surface area contributed by atoms with Crippen molar-refractivity contribution in [3.8, 4) is 0 Å². The van der Waals surface area contributed by atoms with Gasteiger partial charge in [0.25, 0.3) is 0 Å². The Morgan fingerprint density at radius 1 is 1.26 bits per heavy atom. The lowest BCUT2D eigenvalue weighted by Gasteiger charge is -2.28. The minimum Gasteiger partial charge on any atom is -0.445 e. The minimum atomic E-state index is -0.462. The van der Waals surface area contributed by atoms with Crippen LogP contribution in [0.2, 0.25) is 5.15 Å². The number of hydrogen-bond donors (Lipinski definition) is 2. The summed E-state index contributed by atoms with van der Waals surface area (Å²) in [5.74, 6) is -0.257. The summed E-state index contributed by atoms with van der Waals surface area (Å²) in [6.07, 6.45) is 6.49. The average molecular weight is 443 g/mol. The Morgan fingerprint density at radius 2 is 2.06 bits per heavy atom. The third-order valence-corrected chi connectivity index (χ3v) is 5.52. The van der Waals surface area contributed by atoms with Crippen molar-refractivity contribution in [3.63, 3.8) is 0 Å². The molecule has 1 heterocycles. The Labute approximate surface area is 187 Å². The number of allylic oxidation sites excluding steroid dienone is 1. The van der Waals surface area contributed by atoms with Gasteiger partial charge in [0.15, 0.2) is 5.15 Å². The fourth-order valence-electron chi connectivity index (χ4n) is 3.62. The van der Waals surface area contributed by atoms with Gasteiger partial charge >= 0.3 is 6.09 Å². The van der Waals surface area contributed by atoms with Gasteiger partial charge in [-0.2, -0.15) is 0 Å². The molecule has 0 aliphatic heterocycles. The zero-order valence-corrected chi connectivity index (χ0v) is 18.1. The molecule has 1 aliphatic rings. The van der Waals surface area contributed by atoms with Crippen molar-refractivity contribution in [1.82, 2.24) is 20.6 Å². The Balaban J connectivity index is 1.46. The molecule has 0 spiro atoms. The number of halogens is 1. The van der Waals surface area contributed by atoms with Crippen molar-refractivity contribution in [2.45, 2.75) is 51.3 Å². The van der Waals surface area contributed by atoms with E-state index in [0.29, 0.717) is 18.5 Å². The number of amides is 2. The van der Waals surface area contributed by atoms with Crippen molar-refractivity contribution in [3.05, 3.63) is 71.3 Å². The van der Waals surface area contributed by atoms with Crippen LogP contribution in [0.3, 0.4) is 0 Å². The first-order valence-electron chi connectivity index (χ1n) is 10.4. The first-order valence-corrected chi connectivity index (χ1v) is 10.8. The molecule has 1 fully saturated rings. The highest BCUT2D eigenvalue weighted by Gasteiger charge is 2.28. The molecule has 3 rings (SSSR count). The van der Waals surface area contributed by atoms with E-state index in [0.717, 1.165) is 30.5 Å². The quantitative estimate of drug-likeness (QED) is 0.603. The predicted molar refractivity (Wildman–Crippen MR) is 118 cm³/mol. The van der Waals surface area contributed by atoms with Crippen molar-refractivity contribution in [2.24, 2.45) is 5.92 Å². The van der Waals surface area contributed by atoms with Crippen LogP contribution >= 0.6 is 11.6 Å². The number of nitrogens with zero attached hydrogens (tertiary/aromatic N) is 2. The lowest BCUT2D eigenvalue weighted by molar-refractivity contribution is -0.126. The zero-order chi connectivity index (χ0) is 22.1. The number of rotatable bonds is 8. The summed E-state index contributed by atoms with van der Waals surface area (Å²) in [5, 5.41) is 6.06. The molecule has 8 heteroatoms. The van der Waals surface area contributed by atoms with Gasteiger partial charge in [-0.3, -0.25) is 9.78 Å². The summed E-state index contributed by atoms with van der Waals surface area (Å²) in [6.45, 7) is 4.12. The van der Waals surface area contributed by atoms with E-state index in [9.17, 15) is 9.59 Å². The molecule has 1 aromatic carbocycles. The maximum atomic E-state index is 12.7. The van der Waals surface area contributed by atoms with Crippen molar-refractivity contribution in [2.75, 3.05) is 0 Å². The predicted octanol–water partition coefficient (Wildman–Crippen LogP) is 3.96. The Hall–Kier alpha value is -2.93. The molecule has 0 saturated heterocycles. The lowest BCUT2D eigenvalue weighted by atomic mass is 9.85. The zero-order valence-electron chi connectivity index (χ0n) is 17.4. The van der Waals surface area contributed by atoms with Crippen LogP contribution in [0.25, 0.3) is 0 Å². The number of benzene rings is 1. The molecule has 7 nitrogen and oxygen atoms in total. The van der Waals surface area contributed by atoms with Gasteiger partial charge in [0, 0.05) is 18.4 Å². The molecule has 1 aromatic heterocycles. The fraction of sp³-hybridized carbons (Fsp3) is 0.391. The number of aromatic nitrogens is 2. The highest BCUT2D eigenvalue weighted by atomic mass is 35.5. The fourth-order valence-corrected chi connectivity index (χ4v) is 3.78. The van der Waals surface area contributed by atoms with Gasteiger partial charge in [-0.05, 0) is 24.8 Å². The highest BCUT2D eigenvalue weighted by molar-refractivity contribution is 6.30. The maximum Gasteiger partial charge on any atom is 0.407 e. The van der Waals surface area contributed by atoms with Crippen molar-refractivity contribution >= 4 is 23.6 Å². The van der Waals surface area contributed by atoms with E-state index in [1.807, 2.05) is 30.3 Å². The minimum absolute atomic E-state index is 0.0730. The molecule has 2 amide bonds. The van der Waals surface area contributed by atoms with Crippen LogP contribution in [-0.2, 0) is 29.1 Å². The van der Waals surface area contributed by atoms with Crippen LogP contribution in [0.1, 0.15) is 42.6 Å². The molecule has 2 atom stereocenters. The third kappa shape index (κ3) is 7.07. The Kier molecular flexibility index (Phi) is 8.41. The summed E-state index contributed by atoms with van der Waals surface area (Å²) < 4.78 is 5.29. The molecular formula is C23H27ClN4O3. The van der Waals surface area contributed by atoms with Gasteiger partial charge < -0.3 is 15.4 Å². The van der Waals surface area contributed by atoms with Crippen molar-refractivity contribution in [1.29, 1.82) is 0 Å². The van der Waals surface area contributed by atoms with E-state index in [2.05, 4.69) is 27.2 Å². The summed E-state index contributed by atoms with van der Waals surface area (Å²) in [5.41, 5.74) is 2.21. The average Bonchev–Trinajstić information content (AvgIpc) is 2.79. The van der Waals surface area contributed by atoms with Gasteiger partial charge in [-0.25, -0.2) is 9.78 Å². The smallest absolute Gasteiger partial charge is 0.407 e. The van der Waals surface area contributed by atoms with Crippen LogP contribution in [0.4, 0.5) is 4.79 Å². The van der Waals surface area contributed by atoms with Crippen LogP contribution in [0.15, 0.2) is 49.2 Å². The van der Waals surface area contributed by atoms with Crippen LogP contribution in [-0.4, -0.2) is 28.0 Å². The van der Waals surface area contributed by atoms with Crippen LogP contribution in [0.5, 0.6) is 0 Å². The number of hydrogen-bond acceptors (Lipinski definition) is 5. The maximum absolute atomic E-state index is 12.7. The second-order valence-electron chi connectivity index (χ2n) is 7.58. The van der Waals surface area contributed by atoms with Gasteiger partial charge in [0.1, 0.15) is 6.61 Å². The molecule has 2 N–H and O–H groups in total. The molecule has 164 valence electrons. The molecule has 0 unspecified atom stereocenters. The summed E-state index contributed by atoms with van der Waals surface area (Å²) in [7, 11) is 0. The first-order chi connectivity index (χ1) is 15.0. The number of carbonyl (C=O) groups excluding carboxylic acids is 2. The van der Waals surface area contributed by atoms with E-state index in [1.165, 1.54) is 0 Å². The lowest BCUT2D eigenvalue weighted by Crippen LogP contribution is -2.42.